The lowest BCUT2D eigenvalue weighted by molar-refractivity contribution is -0.117. The maximum Gasteiger partial charge on any atom is 0.161 e. The van der Waals surface area contributed by atoms with E-state index in [0.29, 0.717) is 24.3 Å². The highest BCUT2D eigenvalue weighted by Crippen LogP contribution is 2.28. The first-order chi connectivity index (χ1) is 11.6. The Labute approximate surface area is 158 Å². The minimum atomic E-state index is 0.135. The molecule has 4 nitrogen and oxygen atoms in total. The first-order valence-corrected chi connectivity index (χ1v) is 9.26. The summed E-state index contributed by atoms with van der Waals surface area (Å²) < 4.78 is 12.8. The van der Waals surface area contributed by atoms with Gasteiger partial charge >= 0.3 is 0 Å². The van der Waals surface area contributed by atoms with E-state index in [4.69, 9.17) is 9.47 Å². The van der Waals surface area contributed by atoms with E-state index in [1.165, 1.54) is 3.57 Å². The van der Waals surface area contributed by atoms with Gasteiger partial charge in [-0.1, -0.05) is 6.07 Å². The smallest absolute Gasteiger partial charge is 0.161 e. The summed E-state index contributed by atoms with van der Waals surface area (Å²) in [6.45, 7) is 0. The van der Waals surface area contributed by atoms with Crippen molar-refractivity contribution in [2.24, 2.45) is 0 Å². The molecule has 0 aliphatic carbocycles. The van der Waals surface area contributed by atoms with Gasteiger partial charge in [-0.2, -0.15) is 0 Å². The van der Waals surface area contributed by atoms with Gasteiger partial charge in [-0.15, -0.1) is 11.3 Å². The molecule has 1 aromatic heterocycles. The highest BCUT2D eigenvalue weighted by atomic mass is 127. The zero-order valence-corrected chi connectivity index (χ0v) is 16.3. The summed E-state index contributed by atoms with van der Waals surface area (Å²) in [5, 5.41) is 0.859. The van der Waals surface area contributed by atoms with Crippen molar-refractivity contribution in [3.05, 3.63) is 50.5 Å². The van der Waals surface area contributed by atoms with Gasteiger partial charge in [0.1, 0.15) is 10.8 Å². The largest absolute Gasteiger partial charge is 0.493 e. The van der Waals surface area contributed by atoms with Crippen molar-refractivity contribution in [3.8, 4) is 11.5 Å². The third-order valence-electron chi connectivity index (χ3n) is 3.59. The summed E-state index contributed by atoms with van der Waals surface area (Å²) in [6, 6.07) is 11.7. The van der Waals surface area contributed by atoms with Crippen LogP contribution in [0.5, 0.6) is 11.5 Å². The number of carbonyl (C=O) groups is 1. The lowest BCUT2D eigenvalue weighted by atomic mass is 10.1. The summed E-state index contributed by atoms with van der Waals surface area (Å²) in [5.74, 6) is 1.43. The monoisotopic (exact) mass is 453 g/mol. The van der Waals surface area contributed by atoms with Crippen LogP contribution in [0.3, 0.4) is 0 Å². The Hall–Kier alpha value is -1.67. The molecule has 0 saturated carbocycles. The third-order valence-corrected chi connectivity index (χ3v) is 5.28. The van der Waals surface area contributed by atoms with Gasteiger partial charge in [-0.25, -0.2) is 4.98 Å². The minimum Gasteiger partial charge on any atom is -0.493 e. The molecule has 0 atom stereocenters. The molecule has 0 amide bonds. The number of carbonyl (C=O) groups excluding carboxylic acids is 1. The van der Waals surface area contributed by atoms with Gasteiger partial charge < -0.3 is 9.47 Å². The average Bonchev–Trinajstić information content (AvgIpc) is 2.95. The van der Waals surface area contributed by atoms with Gasteiger partial charge in [0, 0.05) is 9.99 Å². The number of ketones is 1. The zero-order valence-electron chi connectivity index (χ0n) is 13.3. The SMILES string of the molecule is COc1ccc(CC(=O)Cc2nc3ccc(I)cc3s2)cc1OC. The van der Waals surface area contributed by atoms with E-state index in [2.05, 4.69) is 33.6 Å². The molecule has 0 N–H and O–H groups in total. The maximum atomic E-state index is 12.4. The second kappa shape index (κ2) is 7.48. The molecule has 2 aromatic carbocycles. The number of thiazole rings is 1. The molecule has 0 bridgehead atoms. The second-order valence-electron chi connectivity index (χ2n) is 5.30. The van der Waals surface area contributed by atoms with Crippen molar-refractivity contribution in [3.63, 3.8) is 0 Å². The Bertz CT molecular complexity index is 891. The summed E-state index contributed by atoms with van der Waals surface area (Å²) in [6.07, 6.45) is 0.706. The number of aromatic nitrogens is 1. The van der Waals surface area contributed by atoms with E-state index in [1.807, 2.05) is 30.3 Å². The van der Waals surface area contributed by atoms with Crippen LogP contribution in [0.1, 0.15) is 10.6 Å². The van der Waals surface area contributed by atoms with Crippen LogP contribution < -0.4 is 9.47 Å². The number of nitrogens with zero attached hydrogens (tertiary/aromatic N) is 1. The van der Waals surface area contributed by atoms with Crippen LogP contribution >= 0.6 is 33.9 Å². The van der Waals surface area contributed by atoms with Crippen molar-refractivity contribution in [2.75, 3.05) is 14.2 Å². The van der Waals surface area contributed by atoms with Crippen molar-refractivity contribution < 1.29 is 14.3 Å². The number of fused-ring (bicyclic) bond motifs is 1. The number of Topliss-reactive ketones (excluding diaryl/α,β-unsaturated/α-hetero) is 1. The first kappa shape index (κ1) is 17.2. The minimum absolute atomic E-state index is 0.135. The Morgan fingerprint density at radius 3 is 2.62 bits per heavy atom. The molecule has 0 radical (unpaired) electrons. The Morgan fingerprint density at radius 2 is 1.88 bits per heavy atom. The summed E-state index contributed by atoms with van der Waals surface area (Å²) in [4.78, 5) is 16.9. The van der Waals surface area contributed by atoms with Crippen molar-refractivity contribution in [2.45, 2.75) is 12.8 Å². The molecular formula is C18H16INO3S. The van der Waals surface area contributed by atoms with Crippen molar-refractivity contribution in [1.82, 2.24) is 4.98 Å². The van der Waals surface area contributed by atoms with Crippen LogP contribution in [0.15, 0.2) is 36.4 Å². The number of methoxy groups -OCH3 is 2. The van der Waals surface area contributed by atoms with Gasteiger partial charge in [0.2, 0.25) is 0 Å². The first-order valence-electron chi connectivity index (χ1n) is 7.36. The molecule has 24 heavy (non-hydrogen) atoms. The van der Waals surface area contributed by atoms with Crippen LogP contribution in [0.4, 0.5) is 0 Å². The summed E-state index contributed by atoms with van der Waals surface area (Å²) in [5.41, 5.74) is 1.86. The summed E-state index contributed by atoms with van der Waals surface area (Å²) in [7, 11) is 3.18. The van der Waals surface area contributed by atoms with E-state index in [1.54, 1.807) is 25.6 Å². The number of hydrogen-bond donors (Lipinski definition) is 0. The van der Waals surface area contributed by atoms with E-state index in [0.717, 1.165) is 20.8 Å². The number of ether oxygens (including phenoxy) is 2. The highest BCUT2D eigenvalue weighted by molar-refractivity contribution is 14.1. The van der Waals surface area contributed by atoms with Crippen LogP contribution in [0, 0.1) is 3.57 Å². The predicted molar refractivity (Wildman–Crippen MR) is 104 cm³/mol. The van der Waals surface area contributed by atoms with E-state index in [9.17, 15) is 4.79 Å². The van der Waals surface area contributed by atoms with Gasteiger partial charge in [-0.05, 0) is 58.5 Å². The molecule has 0 spiro atoms. The number of benzene rings is 2. The van der Waals surface area contributed by atoms with Crippen molar-refractivity contribution >= 4 is 49.9 Å². The quantitative estimate of drug-likeness (QED) is 0.523. The molecule has 124 valence electrons. The zero-order chi connectivity index (χ0) is 17.1. The molecule has 0 fully saturated rings. The van der Waals surface area contributed by atoms with E-state index in [-0.39, 0.29) is 5.78 Å². The Balaban J connectivity index is 1.72. The lowest BCUT2D eigenvalue weighted by Crippen LogP contribution is -2.06. The van der Waals surface area contributed by atoms with E-state index >= 15 is 0 Å². The lowest BCUT2D eigenvalue weighted by Gasteiger charge is -2.09. The van der Waals surface area contributed by atoms with Gasteiger partial charge in [0.25, 0.3) is 0 Å². The van der Waals surface area contributed by atoms with Crippen LogP contribution in [-0.2, 0) is 17.6 Å². The molecule has 3 rings (SSSR count). The molecule has 1 heterocycles. The number of hydrogen-bond acceptors (Lipinski definition) is 5. The molecule has 0 aliphatic heterocycles. The van der Waals surface area contributed by atoms with Crippen LogP contribution in [0.25, 0.3) is 10.2 Å². The number of halogens is 1. The molecular weight excluding hydrogens is 437 g/mol. The fourth-order valence-electron chi connectivity index (χ4n) is 2.47. The van der Waals surface area contributed by atoms with E-state index < -0.39 is 0 Å². The van der Waals surface area contributed by atoms with Gasteiger partial charge in [0.15, 0.2) is 11.5 Å². The fraction of sp³-hybridized carbons (Fsp3) is 0.222. The highest BCUT2D eigenvalue weighted by Gasteiger charge is 2.12. The van der Waals surface area contributed by atoms with Crippen LogP contribution in [-0.4, -0.2) is 25.0 Å². The Morgan fingerprint density at radius 1 is 1.08 bits per heavy atom. The van der Waals surface area contributed by atoms with Gasteiger partial charge in [0.05, 0.1) is 30.9 Å². The molecule has 6 heteroatoms. The third kappa shape index (κ3) is 3.87. The molecule has 0 unspecified atom stereocenters. The molecule has 3 aromatic rings. The van der Waals surface area contributed by atoms with Crippen LogP contribution in [0.2, 0.25) is 0 Å². The summed E-state index contributed by atoms with van der Waals surface area (Å²) >= 11 is 3.86. The molecule has 0 saturated heterocycles. The van der Waals surface area contributed by atoms with Gasteiger partial charge in [-0.3, -0.25) is 4.79 Å². The molecule has 0 aliphatic rings. The second-order valence-corrected chi connectivity index (χ2v) is 7.66. The predicted octanol–water partition coefficient (Wildman–Crippen LogP) is 4.27. The average molecular weight is 453 g/mol. The number of rotatable bonds is 6. The fourth-order valence-corrected chi connectivity index (χ4v) is 4.21. The standard InChI is InChI=1S/C18H16INO3S/c1-22-15-6-3-11(8-16(15)23-2)7-13(21)10-18-20-14-5-4-12(19)9-17(14)24-18/h3-6,8-9H,7,10H2,1-2H3. The van der Waals surface area contributed by atoms with Crippen molar-refractivity contribution in [1.29, 1.82) is 0 Å². The topological polar surface area (TPSA) is 48.4 Å². The normalized spacial score (nSPS) is 10.8. The Kier molecular flexibility index (Phi) is 5.35. The maximum absolute atomic E-state index is 12.4.